The summed E-state index contributed by atoms with van der Waals surface area (Å²) >= 11 is 0. The van der Waals surface area contributed by atoms with Crippen molar-refractivity contribution in [3.63, 3.8) is 0 Å². The van der Waals surface area contributed by atoms with Crippen molar-refractivity contribution in [2.45, 2.75) is 18.9 Å². The standard InChI is InChI=1S/C26H24FN5O5/c1-35-22-8-15(9-23(36-2)25(22)37-3)12-29-30-26(34)18-13-32(16-4-5-16)20-11-21(31-7-6-28-14-31)19(27)10-17(20)24(18)33/h6-14,16H,4-5H2,1-3H3,(H,30,34)/b29-12-. The third kappa shape index (κ3) is 4.51. The highest BCUT2D eigenvalue weighted by Gasteiger charge is 2.27. The number of rotatable bonds is 8. The molecule has 2 aromatic heterocycles. The average Bonchev–Trinajstić information content (AvgIpc) is 3.61. The van der Waals surface area contributed by atoms with Crippen LogP contribution in [0.2, 0.25) is 0 Å². The van der Waals surface area contributed by atoms with Crippen molar-refractivity contribution >= 4 is 23.0 Å². The zero-order valence-corrected chi connectivity index (χ0v) is 20.4. The molecule has 10 nitrogen and oxygen atoms in total. The second kappa shape index (κ2) is 9.76. The average molecular weight is 506 g/mol. The van der Waals surface area contributed by atoms with E-state index in [2.05, 4.69) is 15.5 Å². The van der Waals surface area contributed by atoms with Gasteiger partial charge in [0.05, 0.1) is 45.1 Å². The largest absolute Gasteiger partial charge is 0.493 e. The van der Waals surface area contributed by atoms with Gasteiger partial charge in [-0.05, 0) is 37.1 Å². The van der Waals surface area contributed by atoms with Crippen LogP contribution in [0.15, 0.2) is 59.1 Å². The molecule has 1 fully saturated rings. The fourth-order valence-electron chi connectivity index (χ4n) is 4.18. The first-order valence-corrected chi connectivity index (χ1v) is 11.4. The molecule has 5 rings (SSSR count). The van der Waals surface area contributed by atoms with Gasteiger partial charge in [-0.25, -0.2) is 14.8 Å². The number of pyridine rings is 1. The summed E-state index contributed by atoms with van der Waals surface area (Å²) in [5.74, 6) is -0.0273. The van der Waals surface area contributed by atoms with Crippen molar-refractivity contribution < 1.29 is 23.4 Å². The number of hydrazone groups is 1. The van der Waals surface area contributed by atoms with Gasteiger partial charge in [-0.1, -0.05) is 0 Å². The molecule has 11 heteroatoms. The van der Waals surface area contributed by atoms with Crippen LogP contribution in [0.3, 0.4) is 0 Å². The lowest BCUT2D eigenvalue weighted by molar-refractivity contribution is 0.0953. The highest BCUT2D eigenvalue weighted by Crippen LogP contribution is 2.38. The Kier molecular flexibility index (Phi) is 6.34. The second-order valence-electron chi connectivity index (χ2n) is 8.46. The third-order valence-electron chi connectivity index (χ3n) is 6.13. The molecule has 1 saturated carbocycles. The number of amides is 1. The van der Waals surface area contributed by atoms with Gasteiger partial charge in [0, 0.05) is 35.6 Å². The Morgan fingerprint density at radius 3 is 2.46 bits per heavy atom. The van der Waals surface area contributed by atoms with E-state index in [1.54, 1.807) is 30.6 Å². The molecule has 2 aromatic carbocycles. The Morgan fingerprint density at radius 2 is 1.86 bits per heavy atom. The van der Waals surface area contributed by atoms with E-state index in [0.717, 1.165) is 12.8 Å². The summed E-state index contributed by atoms with van der Waals surface area (Å²) in [6, 6.07) is 6.22. The van der Waals surface area contributed by atoms with E-state index in [1.165, 1.54) is 50.7 Å². The molecule has 0 unspecified atom stereocenters. The molecular formula is C26H24FN5O5. The van der Waals surface area contributed by atoms with Crippen LogP contribution < -0.4 is 25.1 Å². The van der Waals surface area contributed by atoms with Crippen molar-refractivity contribution in [2.75, 3.05) is 21.3 Å². The SMILES string of the molecule is COc1cc(/C=N\NC(=O)c2cn(C3CC3)c3cc(-n4ccnc4)c(F)cc3c2=O)cc(OC)c1OC. The number of benzene rings is 2. The van der Waals surface area contributed by atoms with E-state index in [4.69, 9.17) is 14.2 Å². The zero-order valence-electron chi connectivity index (χ0n) is 20.4. The van der Waals surface area contributed by atoms with Crippen LogP contribution >= 0.6 is 0 Å². The maximum atomic E-state index is 15.0. The number of ether oxygens (including phenoxy) is 3. The van der Waals surface area contributed by atoms with Crippen LogP contribution in [0, 0.1) is 5.82 Å². The molecule has 1 amide bonds. The number of aromatic nitrogens is 3. The van der Waals surface area contributed by atoms with Crippen LogP contribution in [0.1, 0.15) is 34.8 Å². The number of nitrogens with one attached hydrogen (secondary N) is 1. The van der Waals surface area contributed by atoms with E-state index in [0.29, 0.717) is 28.3 Å². The molecular weight excluding hydrogens is 481 g/mol. The summed E-state index contributed by atoms with van der Waals surface area (Å²) in [5.41, 5.74) is 3.07. The maximum absolute atomic E-state index is 15.0. The van der Waals surface area contributed by atoms with Crippen molar-refractivity contribution in [1.82, 2.24) is 19.5 Å². The summed E-state index contributed by atoms with van der Waals surface area (Å²) in [7, 11) is 4.48. The van der Waals surface area contributed by atoms with Crippen LogP contribution in [0.5, 0.6) is 17.2 Å². The Labute approximate surface area is 210 Å². The summed E-state index contributed by atoms with van der Waals surface area (Å²) in [5, 5.41) is 4.11. The molecule has 1 aliphatic carbocycles. The van der Waals surface area contributed by atoms with E-state index in [-0.39, 0.29) is 22.7 Å². The first-order chi connectivity index (χ1) is 17.9. The van der Waals surface area contributed by atoms with E-state index >= 15 is 0 Å². The number of hydrogen-bond donors (Lipinski definition) is 1. The molecule has 190 valence electrons. The van der Waals surface area contributed by atoms with Crippen LogP contribution in [0.4, 0.5) is 4.39 Å². The molecule has 4 aromatic rings. The van der Waals surface area contributed by atoms with Crippen molar-refractivity contribution in [3.8, 4) is 22.9 Å². The molecule has 1 aliphatic rings. The second-order valence-corrected chi connectivity index (χ2v) is 8.46. The highest BCUT2D eigenvalue weighted by molar-refractivity contribution is 5.98. The Bertz CT molecular complexity index is 1550. The minimum absolute atomic E-state index is 0.120. The number of carbonyl (C=O) groups is 1. The number of hydrogen-bond acceptors (Lipinski definition) is 7. The topological polar surface area (TPSA) is 109 Å². The quantitative estimate of drug-likeness (QED) is 0.290. The number of imidazole rings is 1. The molecule has 0 radical (unpaired) electrons. The van der Waals surface area contributed by atoms with Gasteiger partial charge in [-0.15, -0.1) is 0 Å². The summed E-state index contributed by atoms with van der Waals surface area (Å²) in [6.45, 7) is 0. The Hall–Kier alpha value is -4.67. The van der Waals surface area contributed by atoms with Gasteiger partial charge in [-0.3, -0.25) is 9.59 Å². The lowest BCUT2D eigenvalue weighted by Gasteiger charge is -2.14. The van der Waals surface area contributed by atoms with Gasteiger partial charge in [-0.2, -0.15) is 5.10 Å². The normalized spacial score (nSPS) is 13.2. The zero-order chi connectivity index (χ0) is 26.1. The molecule has 37 heavy (non-hydrogen) atoms. The number of carbonyl (C=O) groups excluding carboxylic acids is 1. The summed E-state index contributed by atoms with van der Waals surface area (Å²) in [6.07, 6.45) is 9.35. The van der Waals surface area contributed by atoms with E-state index < -0.39 is 17.2 Å². The van der Waals surface area contributed by atoms with Gasteiger partial charge >= 0.3 is 0 Å². The van der Waals surface area contributed by atoms with Gasteiger partial charge in [0.1, 0.15) is 11.4 Å². The van der Waals surface area contributed by atoms with Gasteiger partial charge in [0.25, 0.3) is 5.91 Å². The Balaban J connectivity index is 1.48. The number of fused-ring (bicyclic) bond motifs is 1. The van der Waals surface area contributed by atoms with Crippen LogP contribution in [0.25, 0.3) is 16.6 Å². The van der Waals surface area contributed by atoms with Crippen molar-refractivity contribution in [2.24, 2.45) is 5.10 Å². The number of halogens is 1. The number of nitrogens with zero attached hydrogens (tertiary/aromatic N) is 4. The van der Waals surface area contributed by atoms with Gasteiger partial charge in [0.15, 0.2) is 11.5 Å². The molecule has 0 bridgehead atoms. The lowest BCUT2D eigenvalue weighted by atomic mass is 10.1. The Morgan fingerprint density at radius 1 is 1.14 bits per heavy atom. The predicted molar refractivity (Wildman–Crippen MR) is 135 cm³/mol. The fraction of sp³-hybridized carbons (Fsp3) is 0.231. The first-order valence-electron chi connectivity index (χ1n) is 11.4. The smallest absolute Gasteiger partial charge is 0.276 e. The van der Waals surface area contributed by atoms with Crippen molar-refractivity contribution in [1.29, 1.82) is 0 Å². The molecule has 0 atom stereocenters. The first kappa shape index (κ1) is 24.0. The third-order valence-corrected chi connectivity index (χ3v) is 6.13. The minimum atomic E-state index is -0.705. The van der Waals surface area contributed by atoms with Gasteiger partial charge in [0.2, 0.25) is 11.2 Å². The van der Waals surface area contributed by atoms with Crippen LogP contribution in [-0.4, -0.2) is 47.6 Å². The fourth-order valence-corrected chi connectivity index (χ4v) is 4.18. The predicted octanol–water partition coefficient (Wildman–Crippen LogP) is 3.45. The molecule has 0 saturated heterocycles. The highest BCUT2D eigenvalue weighted by atomic mass is 19.1. The maximum Gasteiger partial charge on any atom is 0.276 e. The monoisotopic (exact) mass is 505 g/mol. The molecule has 0 spiro atoms. The summed E-state index contributed by atoms with van der Waals surface area (Å²) < 4.78 is 34.3. The number of methoxy groups -OCH3 is 3. The van der Waals surface area contributed by atoms with E-state index in [1.807, 2.05) is 4.57 Å². The molecule has 0 aliphatic heterocycles. The van der Waals surface area contributed by atoms with Gasteiger partial charge < -0.3 is 23.3 Å². The molecule has 2 heterocycles. The minimum Gasteiger partial charge on any atom is -0.493 e. The van der Waals surface area contributed by atoms with Crippen LogP contribution in [-0.2, 0) is 0 Å². The van der Waals surface area contributed by atoms with E-state index in [9.17, 15) is 14.0 Å². The molecule has 1 N–H and O–H groups in total. The summed E-state index contributed by atoms with van der Waals surface area (Å²) in [4.78, 5) is 30.2. The lowest BCUT2D eigenvalue weighted by Crippen LogP contribution is -2.27. The van der Waals surface area contributed by atoms with Crippen molar-refractivity contribution in [3.05, 3.63) is 76.4 Å².